The number of amides is 1. The molecule has 1 heterocycles. The molecule has 2 rings (SSSR count). The first kappa shape index (κ1) is 10.9. The van der Waals surface area contributed by atoms with Crippen LogP contribution in [0, 0.1) is 0 Å². The summed E-state index contributed by atoms with van der Waals surface area (Å²) in [6, 6.07) is 0.831. The highest BCUT2D eigenvalue weighted by Gasteiger charge is 2.46. The van der Waals surface area contributed by atoms with Crippen LogP contribution in [0.5, 0.6) is 0 Å². The summed E-state index contributed by atoms with van der Waals surface area (Å²) in [4.78, 5) is 14.4. The van der Waals surface area contributed by atoms with Crippen molar-refractivity contribution < 1.29 is 4.79 Å². The summed E-state index contributed by atoms with van der Waals surface area (Å²) in [5, 5.41) is 0. The van der Waals surface area contributed by atoms with Crippen molar-refractivity contribution in [1.82, 2.24) is 4.90 Å². The number of hydrogen-bond donors (Lipinski definition) is 1. The lowest BCUT2D eigenvalue weighted by Gasteiger charge is -2.42. The van der Waals surface area contributed by atoms with Gasteiger partial charge in [0.2, 0.25) is 5.91 Å². The number of likely N-dealkylation sites (tertiary alicyclic amines) is 1. The monoisotopic (exact) mass is 210 g/mol. The van der Waals surface area contributed by atoms with Crippen LogP contribution in [0.15, 0.2) is 0 Å². The Hall–Kier alpha value is -0.570. The number of nitrogens with zero attached hydrogens (tertiary/aromatic N) is 1. The van der Waals surface area contributed by atoms with Crippen molar-refractivity contribution in [2.24, 2.45) is 5.73 Å². The highest BCUT2D eigenvalue weighted by Crippen LogP contribution is 2.35. The van der Waals surface area contributed by atoms with Gasteiger partial charge in [0.05, 0.1) is 5.54 Å². The molecule has 1 aliphatic heterocycles. The van der Waals surface area contributed by atoms with Crippen LogP contribution < -0.4 is 5.73 Å². The van der Waals surface area contributed by atoms with E-state index in [1.165, 1.54) is 0 Å². The predicted molar refractivity (Wildman–Crippen MR) is 60.4 cm³/mol. The Morgan fingerprint density at radius 3 is 2.60 bits per heavy atom. The Kier molecular flexibility index (Phi) is 2.75. The van der Waals surface area contributed by atoms with E-state index in [1.807, 2.05) is 0 Å². The first-order chi connectivity index (χ1) is 7.08. The Bertz CT molecular complexity index is 260. The van der Waals surface area contributed by atoms with Gasteiger partial charge in [0.1, 0.15) is 0 Å². The van der Waals surface area contributed by atoms with Gasteiger partial charge in [-0.15, -0.1) is 0 Å². The van der Waals surface area contributed by atoms with Crippen molar-refractivity contribution in [2.45, 2.75) is 70.0 Å². The van der Waals surface area contributed by atoms with Gasteiger partial charge >= 0.3 is 0 Å². The summed E-state index contributed by atoms with van der Waals surface area (Å²) in [6.07, 6.45) is 6.23. The second kappa shape index (κ2) is 3.78. The fourth-order valence-electron chi connectivity index (χ4n) is 2.87. The summed E-state index contributed by atoms with van der Waals surface area (Å²) < 4.78 is 0. The van der Waals surface area contributed by atoms with Gasteiger partial charge in [0, 0.05) is 12.1 Å². The van der Waals surface area contributed by atoms with E-state index in [9.17, 15) is 4.79 Å². The normalized spacial score (nSPS) is 33.9. The van der Waals surface area contributed by atoms with Crippen LogP contribution in [0.4, 0.5) is 0 Å². The Morgan fingerprint density at radius 2 is 2.13 bits per heavy atom. The molecule has 2 unspecified atom stereocenters. The zero-order valence-corrected chi connectivity index (χ0v) is 9.83. The van der Waals surface area contributed by atoms with Crippen molar-refractivity contribution in [3.8, 4) is 0 Å². The van der Waals surface area contributed by atoms with Gasteiger partial charge in [-0.2, -0.15) is 0 Å². The molecule has 2 N–H and O–H groups in total. The molecule has 15 heavy (non-hydrogen) atoms. The topological polar surface area (TPSA) is 46.3 Å². The lowest BCUT2D eigenvalue weighted by atomic mass is 9.76. The molecule has 1 saturated heterocycles. The average Bonchev–Trinajstić information content (AvgIpc) is 2.54. The number of carbonyl (C=O) groups excluding carboxylic acids is 1. The summed E-state index contributed by atoms with van der Waals surface area (Å²) in [5.74, 6) is 0.214. The third kappa shape index (κ3) is 1.67. The lowest BCUT2D eigenvalue weighted by Crippen LogP contribution is -2.61. The van der Waals surface area contributed by atoms with Crippen LogP contribution in [0.1, 0.15) is 52.4 Å². The third-order valence-corrected chi connectivity index (χ3v) is 4.16. The van der Waals surface area contributed by atoms with E-state index in [1.54, 1.807) is 0 Å². The zero-order chi connectivity index (χ0) is 11.1. The van der Waals surface area contributed by atoms with Crippen LogP contribution in [-0.4, -0.2) is 28.4 Å². The smallest absolute Gasteiger partial charge is 0.243 e. The molecule has 0 radical (unpaired) electrons. The molecule has 0 spiro atoms. The highest BCUT2D eigenvalue weighted by molar-refractivity contribution is 5.87. The van der Waals surface area contributed by atoms with E-state index in [0.717, 1.165) is 38.5 Å². The fraction of sp³-hybridized carbons (Fsp3) is 0.917. The van der Waals surface area contributed by atoms with E-state index >= 15 is 0 Å². The van der Waals surface area contributed by atoms with Gasteiger partial charge in [-0.1, -0.05) is 6.92 Å². The van der Waals surface area contributed by atoms with Crippen LogP contribution in [0.3, 0.4) is 0 Å². The molecular weight excluding hydrogens is 188 g/mol. The van der Waals surface area contributed by atoms with Gasteiger partial charge < -0.3 is 10.6 Å². The van der Waals surface area contributed by atoms with Gasteiger partial charge in [0.25, 0.3) is 0 Å². The van der Waals surface area contributed by atoms with Gasteiger partial charge in [-0.3, -0.25) is 4.79 Å². The van der Waals surface area contributed by atoms with Crippen LogP contribution in [-0.2, 0) is 4.79 Å². The van der Waals surface area contributed by atoms with Gasteiger partial charge in [-0.25, -0.2) is 0 Å². The molecule has 0 bridgehead atoms. The number of carbonyl (C=O) groups is 1. The first-order valence-electron chi connectivity index (χ1n) is 6.20. The molecule has 1 saturated carbocycles. The second-order valence-electron chi connectivity index (χ2n) is 5.21. The van der Waals surface area contributed by atoms with Crippen LogP contribution in [0.25, 0.3) is 0 Å². The van der Waals surface area contributed by atoms with E-state index in [-0.39, 0.29) is 5.91 Å². The standard InChI is InChI=1S/C12H22N2O/c1-3-10-6-5-9(2)14(10)11(15)12(13)7-4-8-12/h9-10H,3-8,13H2,1-2H3. The molecule has 1 amide bonds. The molecule has 86 valence electrons. The Morgan fingerprint density at radius 1 is 1.47 bits per heavy atom. The lowest BCUT2D eigenvalue weighted by molar-refractivity contribution is -0.143. The van der Waals surface area contributed by atoms with E-state index in [4.69, 9.17) is 5.73 Å². The van der Waals surface area contributed by atoms with Crippen molar-refractivity contribution in [1.29, 1.82) is 0 Å². The molecule has 0 aromatic rings. The molecule has 2 atom stereocenters. The minimum Gasteiger partial charge on any atom is -0.335 e. The maximum atomic E-state index is 12.3. The SMILES string of the molecule is CCC1CCC(C)N1C(=O)C1(N)CCC1. The van der Waals surface area contributed by atoms with E-state index in [2.05, 4.69) is 18.7 Å². The van der Waals surface area contributed by atoms with Gasteiger partial charge in [0.15, 0.2) is 0 Å². The minimum atomic E-state index is -0.508. The second-order valence-corrected chi connectivity index (χ2v) is 5.21. The fourth-order valence-corrected chi connectivity index (χ4v) is 2.87. The number of nitrogens with two attached hydrogens (primary N) is 1. The minimum absolute atomic E-state index is 0.214. The molecule has 1 aliphatic carbocycles. The molecule has 3 nitrogen and oxygen atoms in total. The summed E-state index contributed by atoms with van der Waals surface area (Å²) in [5.41, 5.74) is 5.61. The van der Waals surface area contributed by atoms with Crippen molar-refractivity contribution in [3.05, 3.63) is 0 Å². The average molecular weight is 210 g/mol. The highest BCUT2D eigenvalue weighted by atomic mass is 16.2. The molecule has 0 aromatic heterocycles. The van der Waals surface area contributed by atoms with E-state index in [0.29, 0.717) is 12.1 Å². The van der Waals surface area contributed by atoms with Crippen molar-refractivity contribution in [2.75, 3.05) is 0 Å². The summed E-state index contributed by atoms with van der Waals surface area (Å²) >= 11 is 0. The quantitative estimate of drug-likeness (QED) is 0.753. The first-order valence-corrected chi connectivity index (χ1v) is 6.20. The molecule has 3 heteroatoms. The molecular formula is C12H22N2O. The van der Waals surface area contributed by atoms with Crippen LogP contribution in [0.2, 0.25) is 0 Å². The summed E-state index contributed by atoms with van der Waals surface area (Å²) in [7, 11) is 0. The third-order valence-electron chi connectivity index (χ3n) is 4.16. The summed E-state index contributed by atoms with van der Waals surface area (Å²) in [6.45, 7) is 4.31. The maximum Gasteiger partial charge on any atom is 0.243 e. The van der Waals surface area contributed by atoms with Crippen LogP contribution >= 0.6 is 0 Å². The predicted octanol–water partition coefficient (Wildman–Crippen LogP) is 1.66. The maximum absolute atomic E-state index is 12.3. The Labute approximate surface area is 92.0 Å². The number of hydrogen-bond acceptors (Lipinski definition) is 2. The van der Waals surface area contributed by atoms with E-state index < -0.39 is 5.54 Å². The molecule has 2 aliphatic rings. The number of rotatable bonds is 2. The largest absolute Gasteiger partial charge is 0.335 e. The zero-order valence-electron chi connectivity index (χ0n) is 9.83. The van der Waals surface area contributed by atoms with Crippen molar-refractivity contribution >= 4 is 5.91 Å². The molecule has 0 aromatic carbocycles. The van der Waals surface area contributed by atoms with Gasteiger partial charge in [-0.05, 0) is 45.4 Å². The van der Waals surface area contributed by atoms with Crippen molar-refractivity contribution in [3.63, 3.8) is 0 Å². The Balaban J connectivity index is 2.10. The molecule has 2 fully saturated rings.